The smallest absolute Gasteiger partial charge is 0.0921 e. The van der Waals surface area contributed by atoms with E-state index >= 15 is 0 Å². The Morgan fingerprint density at radius 2 is 1.58 bits per heavy atom. The van der Waals surface area contributed by atoms with Gasteiger partial charge in [-0.3, -0.25) is 15.0 Å². The summed E-state index contributed by atoms with van der Waals surface area (Å²) in [6.07, 6.45) is 5.80. The van der Waals surface area contributed by atoms with E-state index in [1.54, 1.807) is 0 Å². The Kier molecular flexibility index (Phi) is 3.11. The standard InChI is InChI=1S/C16H17N3/c1-13-16(9-6-12-17-13,14-7-2-4-10-18-14)15-8-3-5-11-19-15/h2-5,7-8,10-11H,6,9,12H2,1H3. The first-order valence-electron chi connectivity index (χ1n) is 6.68. The highest BCUT2D eigenvalue weighted by atomic mass is 14.8. The number of pyridine rings is 2. The number of rotatable bonds is 2. The van der Waals surface area contributed by atoms with Gasteiger partial charge in [0.05, 0.1) is 16.8 Å². The highest BCUT2D eigenvalue weighted by molar-refractivity contribution is 5.96. The predicted octanol–water partition coefficient (Wildman–Crippen LogP) is 3.02. The lowest BCUT2D eigenvalue weighted by Gasteiger charge is -2.35. The summed E-state index contributed by atoms with van der Waals surface area (Å²) in [5.41, 5.74) is 2.97. The average Bonchev–Trinajstić information content (AvgIpc) is 2.50. The van der Waals surface area contributed by atoms with Crippen molar-refractivity contribution in [3.63, 3.8) is 0 Å². The van der Waals surface area contributed by atoms with Gasteiger partial charge in [0.15, 0.2) is 0 Å². The Bertz CT molecular complexity index is 536. The molecule has 2 aromatic rings. The zero-order valence-corrected chi connectivity index (χ0v) is 11.1. The third kappa shape index (κ3) is 1.95. The van der Waals surface area contributed by atoms with Crippen molar-refractivity contribution in [2.24, 2.45) is 4.99 Å². The van der Waals surface area contributed by atoms with Gasteiger partial charge >= 0.3 is 0 Å². The minimum Gasteiger partial charge on any atom is -0.293 e. The Hall–Kier alpha value is -2.03. The van der Waals surface area contributed by atoms with Crippen LogP contribution in [0.5, 0.6) is 0 Å². The highest BCUT2D eigenvalue weighted by Crippen LogP contribution is 2.38. The summed E-state index contributed by atoms with van der Waals surface area (Å²) in [6, 6.07) is 12.1. The van der Waals surface area contributed by atoms with E-state index in [9.17, 15) is 0 Å². The molecule has 96 valence electrons. The maximum Gasteiger partial charge on any atom is 0.0921 e. The summed E-state index contributed by atoms with van der Waals surface area (Å²) in [6.45, 7) is 3.01. The van der Waals surface area contributed by atoms with Gasteiger partial charge in [0.2, 0.25) is 0 Å². The second-order valence-electron chi connectivity index (χ2n) is 4.91. The van der Waals surface area contributed by atoms with Gasteiger partial charge in [-0.25, -0.2) is 0 Å². The van der Waals surface area contributed by atoms with E-state index in [-0.39, 0.29) is 5.41 Å². The van der Waals surface area contributed by atoms with Crippen LogP contribution in [0.15, 0.2) is 53.8 Å². The van der Waals surface area contributed by atoms with Crippen LogP contribution in [-0.4, -0.2) is 22.2 Å². The first-order chi connectivity index (χ1) is 9.34. The van der Waals surface area contributed by atoms with Crippen molar-refractivity contribution in [3.8, 4) is 0 Å². The van der Waals surface area contributed by atoms with E-state index in [1.165, 1.54) is 0 Å². The van der Waals surface area contributed by atoms with E-state index in [0.717, 1.165) is 36.5 Å². The molecule has 3 heterocycles. The van der Waals surface area contributed by atoms with Gasteiger partial charge < -0.3 is 0 Å². The molecule has 1 aliphatic heterocycles. The average molecular weight is 251 g/mol. The summed E-state index contributed by atoms with van der Waals surface area (Å²) in [4.78, 5) is 13.8. The van der Waals surface area contributed by atoms with Crippen LogP contribution in [0, 0.1) is 0 Å². The van der Waals surface area contributed by atoms with Crippen LogP contribution >= 0.6 is 0 Å². The number of hydrogen-bond acceptors (Lipinski definition) is 3. The first kappa shape index (κ1) is 12.0. The van der Waals surface area contributed by atoms with Gasteiger partial charge in [0, 0.05) is 24.7 Å². The van der Waals surface area contributed by atoms with Crippen molar-refractivity contribution in [1.82, 2.24) is 9.97 Å². The summed E-state index contributed by atoms with van der Waals surface area (Å²) >= 11 is 0. The quantitative estimate of drug-likeness (QED) is 0.823. The molecule has 0 atom stereocenters. The summed E-state index contributed by atoms with van der Waals surface area (Å²) in [5.74, 6) is 0. The van der Waals surface area contributed by atoms with E-state index < -0.39 is 0 Å². The minimum absolute atomic E-state index is 0.249. The molecule has 0 amide bonds. The van der Waals surface area contributed by atoms with Crippen LogP contribution in [0.2, 0.25) is 0 Å². The molecule has 1 aliphatic rings. The van der Waals surface area contributed by atoms with Crippen LogP contribution in [0.3, 0.4) is 0 Å². The zero-order chi connectivity index (χ0) is 13.1. The Balaban J connectivity index is 2.22. The second-order valence-corrected chi connectivity index (χ2v) is 4.91. The molecule has 0 bridgehead atoms. The number of aliphatic imine (C=N–C) groups is 1. The van der Waals surface area contributed by atoms with Crippen molar-refractivity contribution in [2.45, 2.75) is 25.2 Å². The number of hydrogen-bond donors (Lipinski definition) is 0. The van der Waals surface area contributed by atoms with Crippen LogP contribution < -0.4 is 0 Å². The molecule has 0 unspecified atom stereocenters. The van der Waals surface area contributed by atoms with Crippen LogP contribution in [0.4, 0.5) is 0 Å². The summed E-state index contributed by atoms with van der Waals surface area (Å²) in [7, 11) is 0. The van der Waals surface area contributed by atoms with Gasteiger partial charge in [-0.2, -0.15) is 0 Å². The van der Waals surface area contributed by atoms with E-state index in [4.69, 9.17) is 0 Å². The van der Waals surface area contributed by atoms with Crippen molar-refractivity contribution >= 4 is 5.71 Å². The summed E-state index contributed by atoms with van der Waals surface area (Å²) < 4.78 is 0. The van der Waals surface area contributed by atoms with Gasteiger partial charge in [-0.05, 0) is 44.0 Å². The first-order valence-corrected chi connectivity index (χ1v) is 6.68. The van der Waals surface area contributed by atoms with Crippen LogP contribution in [0.1, 0.15) is 31.2 Å². The largest absolute Gasteiger partial charge is 0.293 e. The lowest BCUT2D eigenvalue weighted by atomic mass is 9.71. The maximum atomic E-state index is 4.67. The van der Waals surface area contributed by atoms with Crippen molar-refractivity contribution in [1.29, 1.82) is 0 Å². The molecule has 3 rings (SSSR count). The molecule has 0 aliphatic carbocycles. The molecule has 0 radical (unpaired) electrons. The SMILES string of the molecule is CC1=NCCCC1(c1ccccn1)c1ccccn1. The lowest BCUT2D eigenvalue weighted by Crippen LogP contribution is -2.40. The molecule has 3 nitrogen and oxygen atoms in total. The molecule has 19 heavy (non-hydrogen) atoms. The fourth-order valence-electron chi connectivity index (χ4n) is 2.90. The lowest BCUT2D eigenvalue weighted by molar-refractivity contribution is 0.530. The van der Waals surface area contributed by atoms with E-state index in [0.29, 0.717) is 0 Å². The fourth-order valence-corrected chi connectivity index (χ4v) is 2.90. The van der Waals surface area contributed by atoms with Gasteiger partial charge in [-0.15, -0.1) is 0 Å². The highest BCUT2D eigenvalue weighted by Gasteiger charge is 2.40. The number of nitrogens with zero attached hydrogens (tertiary/aromatic N) is 3. The van der Waals surface area contributed by atoms with Crippen molar-refractivity contribution in [3.05, 3.63) is 60.2 Å². The molecular weight excluding hydrogens is 234 g/mol. The molecule has 0 N–H and O–H groups in total. The summed E-state index contributed by atoms with van der Waals surface area (Å²) in [5, 5.41) is 0. The topological polar surface area (TPSA) is 38.1 Å². The van der Waals surface area contributed by atoms with Gasteiger partial charge in [0.1, 0.15) is 0 Å². The molecule has 0 saturated carbocycles. The molecule has 3 heteroatoms. The fraction of sp³-hybridized carbons (Fsp3) is 0.312. The number of aromatic nitrogens is 2. The minimum atomic E-state index is -0.249. The van der Waals surface area contributed by atoms with E-state index in [1.807, 2.05) is 36.7 Å². The van der Waals surface area contributed by atoms with Crippen LogP contribution in [-0.2, 0) is 5.41 Å². The van der Waals surface area contributed by atoms with E-state index in [2.05, 4.69) is 34.0 Å². The van der Waals surface area contributed by atoms with Crippen molar-refractivity contribution in [2.75, 3.05) is 6.54 Å². The Morgan fingerprint density at radius 3 is 2.05 bits per heavy atom. The second kappa shape index (κ2) is 4.92. The Labute approximate surface area is 113 Å². The molecule has 0 saturated heterocycles. The predicted molar refractivity (Wildman–Crippen MR) is 76.5 cm³/mol. The maximum absolute atomic E-state index is 4.67. The Morgan fingerprint density at radius 1 is 0.947 bits per heavy atom. The van der Waals surface area contributed by atoms with Gasteiger partial charge in [0.25, 0.3) is 0 Å². The molecule has 0 spiro atoms. The van der Waals surface area contributed by atoms with Crippen LogP contribution in [0.25, 0.3) is 0 Å². The molecular formula is C16H17N3. The molecule has 0 fully saturated rings. The van der Waals surface area contributed by atoms with Gasteiger partial charge in [-0.1, -0.05) is 12.1 Å². The third-order valence-electron chi connectivity index (χ3n) is 3.88. The monoisotopic (exact) mass is 251 g/mol. The zero-order valence-electron chi connectivity index (χ0n) is 11.1. The normalized spacial score (nSPS) is 17.8. The molecule has 0 aromatic carbocycles. The van der Waals surface area contributed by atoms with Crippen molar-refractivity contribution < 1.29 is 0 Å². The molecule has 2 aromatic heterocycles. The third-order valence-corrected chi connectivity index (χ3v) is 3.88.